The first-order chi connectivity index (χ1) is 13.3. The van der Waals surface area contributed by atoms with Gasteiger partial charge in [0.05, 0.1) is 11.3 Å². The predicted octanol–water partition coefficient (Wildman–Crippen LogP) is 3.15. The molecule has 138 valence electrons. The summed E-state index contributed by atoms with van der Waals surface area (Å²) in [4.78, 5) is 23.4. The molecule has 2 N–H and O–H groups in total. The number of carbonyl (C=O) groups excluding carboxylic acids is 1. The number of aliphatic imine (C=N–C) groups is 1. The molecule has 7 heteroatoms. The molecule has 1 saturated heterocycles. The molecule has 2 aliphatic heterocycles. The van der Waals surface area contributed by atoms with Crippen LogP contribution >= 0.6 is 11.3 Å². The first-order valence-corrected chi connectivity index (χ1v) is 10.1. The number of rotatable bonds is 3. The van der Waals surface area contributed by atoms with Crippen molar-refractivity contribution in [3.63, 3.8) is 0 Å². The van der Waals surface area contributed by atoms with Crippen LogP contribution in [0.1, 0.15) is 33.6 Å². The van der Waals surface area contributed by atoms with Crippen molar-refractivity contribution in [3.05, 3.63) is 59.0 Å². The van der Waals surface area contributed by atoms with Crippen LogP contribution in [0.25, 0.3) is 0 Å². The molecule has 6 nitrogen and oxygen atoms in total. The Labute approximate surface area is 162 Å². The molecule has 3 aliphatic rings. The molecule has 1 fully saturated rings. The van der Waals surface area contributed by atoms with Gasteiger partial charge in [0.25, 0.3) is 5.91 Å². The van der Waals surface area contributed by atoms with Crippen molar-refractivity contribution in [2.75, 3.05) is 11.4 Å². The van der Waals surface area contributed by atoms with E-state index in [9.17, 15) is 4.79 Å². The fourth-order valence-corrected chi connectivity index (χ4v) is 5.42. The van der Waals surface area contributed by atoms with Crippen LogP contribution in [0.2, 0.25) is 0 Å². The van der Waals surface area contributed by atoms with Gasteiger partial charge in [0.1, 0.15) is 5.00 Å². The topological polar surface area (TPSA) is 60.0 Å². The lowest BCUT2D eigenvalue weighted by molar-refractivity contribution is 0.0667. The largest absolute Gasteiger partial charge is 0.300 e. The molecular formula is C20H21N5OS. The Morgan fingerprint density at radius 2 is 2.07 bits per heavy atom. The SMILES string of the molecule is C=CCN1C(=O)c2c(sc3c2CCCC3)N2C(=Nc3ccccc3)NNC12. The second-order valence-corrected chi connectivity index (χ2v) is 8.00. The fourth-order valence-electron chi connectivity index (χ4n) is 4.02. The molecule has 1 amide bonds. The minimum Gasteiger partial charge on any atom is -0.300 e. The highest BCUT2D eigenvalue weighted by Crippen LogP contribution is 2.45. The van der Waals surface area contributed by atoms with E-state index in [0.29, 0.717) is 12.5 Å². The van der Waals surface area contributed by atoms with Gasteiger partial charge in [0.2, 0.25) is 5.96 Å². The van der Waals surface area contributed by atoms with Crippen LogP contribution in [0.3, 0.4) is 0 Å². The lowest BCUT2D eigenvalue weighted by Gasteiger charge is -2.38. The molecule has 1 atom stereocenters. The Hall–Kier alpha value is -2.64. The number of fused-ring (bicyclic) bond motifs is 5. The summed E-state index contributed by atoms with van der Waals surface area (Å²) < 4.78 is 0. The number of hydrogen-bond acceptors (Lipinski definition) is 4. The minimum atomic E-state index is -0.300. The van der Waals surface area contributed by atoms with Gasteiger partial charge in [-0.3, -0.25) is 20.0 Å². The van der Waals surface area contributed by atoms with Gasteiger partial charge >= 0.3 is 0 Å². The van der Waals surface area contributed by atoms with Gasteiger partial charge in [-0.15, -0.1) is 17.9 Å². The highest BCUT2D eigenvalue weighted by atomic mass is 32.1. The molecule has 1 aliphatic carbocycles. The van der Waals surface area contributed by atoms with Crippen LogP contribution < -0.4 is 15.8 Å². The summed E-state index contributed by atoms with van der Waals surface area (Å²) in [5.74, 6) is 0.799. The Bertz CT molecular complexity index is 935. The number of aryl methyl sites for hydroxylation is 1. The van der Waals surface area contributed by atoms with Crippen molar-refractivity contribution in [2.24, 2.45) is 4.99 Å². The smallest absolute Gasteiger partial charge is 0.260 e. The third kappa shape index (κ3) is 2.57. The summed E-state index contributed by atoms with van der Waals surface area (Å²) in [6.07, 6.45) is 5.86. The van der Waals surface area contributed by atoms with E-state index in [1.807, 2.05) is 35.2 Å². The van der Waals surface area contributed by atoms with Crippen LogP contribution in [-0.2, 0) is 12.8 Å². The van der Waals surface area contributed by atoms with E-state index in [1.165, 1.54) is 16.9 Å². The lowest BCUT2D eigenvalue weighted by Crippen LogP contribution is -2.57. The molecule has 1 unspecified atom stereocenters. The average molecular weight is 379 g/mol. The molecule has 5 rings (SSSR count). The third-order valence-corrected chi connectivity index (χ3v) is 6.54. The van der Waals surface area contributed by atoms with Gasteiger partial charge in [-0.1, -0.05) is 24.3 Å². The molecule has 0 bridgehead atoms. The number of thiophene rings is 1. The fraction of sp³-hybridized carbons (Fsp3) is 0.300. The number of anilines is 1. The highest BCUT2D eigenvalue weighted by Gasteiger charge is 2.46. The van der Waals surface area contributed by atoms with Gasteiger partial charge in [-0.05, 0) is 43.4 Å². The maximum Gasteiger partial charge on any atom is 0.260 e. The lowest BCUT2D eigenvalue weighted by atomic mass is 9.94. The molecule has 27 heavy (non-hydrogen) atoms. The van der Waals surface area contributed by atoms with Crippen molar-refractivity contribution in [3.8, 4) is 0 Å². The number of hydrogen-bond donors (Lipinski definition) is 2. The number of benzene rings is 1. The maximum atomic E-state index is 13.3. The highest BCUT2D eigenvalue weighted by molar-refractivity contribution is 7.17. The summed E-state index contributed by atoms with van der Waals surface area (Å²) in [7, 11) is 0. The predicted molar refractivity (Wildman–Crippen MR) is 108 cm³/mol. The van der Waals surface area contributed by atoms with Gasteiger partial charge in [-0.2, -0.15) is 5.43 Å². The molecule has 1 aromatic carbocycles. The number of nitrogens with one attached hydrogen (secondary N) is 2. The van der Waals surface area contributed by atoms with Crippen LogP contribution in [0.4, 0.5) is 10.7 Å². The Morgan fingerprint density at radius 1 is 1.26 bits per heavy atom. The van der Waals surface area contributed by atoms with Gasteiger partial charge in [0, 0.05) is 11.4 Å². The van der Waals surface area contributed by atoms with Crippen molar-refractivity contribution in [1.29, 1.82) is 0 Å². The first kappa shape index (κ1) is 16.5. The zero-order valence-electron chi connectivity index (χ0n) is 14.9. The summed E-state index contributed by atoms with van der Waals surface area (Å²) >= 11 is 1.74. The van der Waals surface area contributed by atoms with E-state index >= 15 is 0 Å². The zero-order valence-corrected chi connectivity index (χ0v) is 15.8. The summed E-state index contributed by atoms with van der Waals surface area (Å²) in [5, 5.41) is 1.00. The number of nitrogens with zero attached hydrogens (tertiary/aromatic N) is 3. The molecule has 3 heterocycles. The van der Waals surface area contributed by atoms with E-state index < -0.39 is 0 Å². The van der Waals surface area contributed by atoms with E-state index in [2.05, 4.69) is 22.3 Å². The number of para-hydroxylation sites is 1. The van der Waals surface area contributed by atoms with Crippen molar-refractivity contribution >= 4 is 33.9 Å². The normalized spacial score (nSPS) is 22.3. The molecule has 2 aromatic rings. The summed E-state index contributed by atoms with van der Waals surface area (Å²) in [5.41, 5.74) is 9.38. The van der Waals surface area contributed by atoms with Crippen molar-refractivity contribution in [2.45, 2.75) is 32.0 Å². The van der Waals surface area contributed by atoms with E-state index in [-0.39, 0.29) is 12.2 Å². The summed E-state index contributed by atoms with van der Waals surface area (Å²) in [6, 6.07) is 9.86. The molecule has 0 spiro atoms. The average Bonchev–Trinajstić information content (AvgIpc) is 3.27. The molecular weight excluding hydrogens is 358 g/mol. The summed E-state index contributed by atoms with van der Waals surface area (Å²) in [6.45, 7) is 4.32. The van der Waals surface area contributed by atoms with Crippen LogP contribution in [-0.4, -0.2) is 29.6 Å². The van der Waals surface area contributed by atoms with Gasteiger partial charge in [-0.25, -0.2) is 4.99 Å². The zero-order chi connectivity index (χ0) is 18.4. The number of amides is 1. The number of carbonyl (C=O) groups is 1. The number of hydrazine groups is 1. The monoisotopic (exact) mass is 379 g/mol. The Balaban J connectivity index is 1.65. The quantitative estimate of drug-likeness (QED) is 0.805. The Morgan fingerprint density at radius 3 is 2.89 bits per heavy atom. The molecule has 1 aromatic heterocycles. The van der Waals surface area contributed by atoms with Crippen LogP contribution in [0, 0.1) is 0 Å². The second-order valence-electron chi connectivity index (χ2n) is 6.92. The molecule has 0 saturated carbocycles. The molecule has 0 radical (unpaired) electrons. The van der Waals surface area contributed by atoms with Crippen LogP contribution in [0.15, 0.2) is 48.0 Å². The second kappa shape index (κ2) is 6.51. The maximum absolute atomic E-state index is 13.3. The first-order valence-electron chi connectivity index (χ1n) is 9.29. The van der Waals surface area contributed by atoms with Gasteiger partial charge in [0.15, 0.2) is 6.29 Å². The van der Waals surface area contributed by atoms with Crippen molar-refractivity contribution < 1.29 is 4.79 Å². The van der Waals surface area contributed by atoms with E-state index in [0.717, 1.165) is 35.5 Å². The Kier molecular flexibility index (Phi) is 3.98. The van der Waals surface area contributed by atoms with Gasteiger partial charge < -0.3 is 0 Å². The van der Waals surface area contributed by atoms with E-state index in [1.54, 1.807) is 17.4 Å². The van der Waals surface area contributed by atoms with E-state index in [4.69, 9.17) is 4.99 Å². The minimum absolute atomic E-state index is 0.0841. The standard InChI is InChI=1S/C20H21N5OS/c1-2-12-24-17(26)16-14-10-6-7-11-15(14)27-18(16)25-19(22-23-20(24)25)21-13-8-4-3-5-9-13/h2-5,8-9,20,23H,1,6-7,10-12H2,(H,21,22). The van der Waals surface area contributed by atoms with Crippen LogP contribution in [0.5, 0.6) is 0 Å². The van der Waals surface area contributed by atoms with Crippen molar-refractivity contribution in [1.82, 2.24) is 15.8 Å². The third-order valence-electron chi connectivity index (χ3n) is 5.24. The number of guanidine groups is 1.